The summed E-state index contributed by atoms with van der Waals surface area (Å²) in [6, 6.07) is 10.2. The van der Waals surface area contributed by atoms with E-state index in [4.69, 9.17) is 4.74 Å². The second kappa shape index (κ2) is 10.8. The van der Waals surface area contributed by atoms with Gasteiger partial charge in [-0.25, -0.2) is 4.79 Å². The van der Waals surface area contributed by atoms with Gasteiger partial charge in [0.15, 0.2) is 0 Å². The average molecular weight is 433 g/mol. The normalized spacial score (nSPS) is 13.7. The van der Waals surface area contributed by atoms with E-state index in [0.717, 1.165) is 50.2 Å². The Bertz CT molecular complexity index is 836. The summed E-state index contributed by atoms with van der Waals surface area (Å²) < 4.78 is 5.00. The number of carbonyl (C=O) groups excluding carboxylic acids is 2. The summed E-state index contributed by atoms with van der Waals surface area (Å²) in [7, 11) is 1.39. The Morgan fingerprint density at radius 3 is 2.79 bits per heavy atom. The van der Waals surface area contributed by atoms with E-state index in [1.807, 2.05) is 18.2 Å². The summed E-state index contributed by atoms with van der Waals surface area (Å²) in [5.74, 6) is 0.475. The van der Waals surface area contributed by atoms with Crippen molar-refractivity contribution < 1.29 is 14.3 Å². The SMILES string of the molecule is CCCN1CCc2c(sc(NC(=O)CCCSc3ccccc3)c2C(=O)OC)C1. The van der Waals surface area contributed by atoms with Gasteiger partial charge in [0.05, 0.1) is 12.7 Å². The largest absolute Gasteiger partial charge is 0.465 e. The molecule has 0 unspecified atom stereocenters. The van der Waals surface area contributed by atoms with Crippen molar-refractivity contribution in [1.82, 2.24) is 4.90 Å². The maximum absolute atomic E-state index is 12.5. The number of esters is 1. The number of benzene rings is 1. The van der Waals surface area contributed by atoms with E-state index in [9.17, 15) is 9.59 Å². The Morgan fingerprint density at radius 1 is 1.28 bits per heavy atom. The van der Waals surface area contributed by atoms with Gasteiger partial charge in [0.2, 0.25) is 5.91 Å². The van der Waals surface area contributed by atoms with E-state index in [1.54, 1.807) is 11.8 Å². The number of anilines is 1. The van der Waals surface area contributed by atoms with Crippen molar-refractivity contribution in [2.75, 3.05) is 31.3 Å². The Morgan fingerprint density at radius 2 is 2.07 bits per heavy atom. The Labute approximate surface area is 180 Å². The molecule has 1 aliphatic rings. The molecule has 5 nitrogen and oxygen atoms in total. The average Bonchev–Trinajstić information content (AvgIpc) is 3.08. The minimum atomic E-state index is -0.360. The molecule has 0 saturated heterocycles. The quantitative estimate of drug-likeness (QED) is 0.350. The first-order valence-corrected chi connectivity index (χ1v) is 11.9. The van der Waals surface area contributed by atoms with E-state index in [0.29, 0.717) is 17.0 Å². The number of thiophene rings is 1. The van der Waals surface area contributed by atoms with Crippen molar-refractivity contribution in [2.45, 2.75) is 44.0 Å². The van der Waals surface area contributed by atoms with Crippen LogP contribution in [0.1, 0.15) is 47.0 Å². The van der Waals surface area contributed by atoms with Crippen LogP contribution >= 0.6 is 23.1 Å². The molecule has 0 atom stereocenters. The number of amides is 1. The van der Waals surface area contributed by atoms with Gasteiger partial charge in [0.1, 0.15) is 5.00 Å². The zero-order valence-corrected chi connectivity index (χ0v) is 18.7. The van der Waals surface area contributed by atoms with E-state index in [1.165, 1.54) is 28.2 Å². The second-order valence-electron chi connectivity index (χ2n) is 7.04. The highest BCUT2D eigenvalue weighted by atomic mass is 32.2. The van der Waals surface area contributed by atoms with E-state index >= 15 is 0 Å². The topological polar surface area (TPSA) is 58.6 Å². The third kappa shape index (κ3) is 5.84. The number of nitrogens with one attached hydrogen (secondary N) is 1. The van der Waals surface area contributed by atoms with Gasteiger partial charge >= 0.3 is 5.97 Å². The van der Waals surface area contributed by atoms with Crippen LogP contribution in [0.15, 0.2) is 35.2 Å². The van der Waals surface area contributed by atoms with E-state index in [2.05, 4.69) is 29.3 Å². The lowest BCUT2D eigenvalue weighted by molar-refractivity contribution is -0.116. The van der Waals surface area contributed by atoms with Gasteiger partial charge in [0, 0.05) is 29.3 Å². The molecule has 1 aromatic carbocycles. The number of ether oxygens (including phenoxy) is 1. The molecule has 29 heavy (non-hydrogen) atoms. The molecule has 1 aliphatic heterocycles. The fraction of sp³-hybridized carbons (Fsp3) is 0.455. The third-order valence-electron chi connectivity index (χ3n) is 4.88. The molecule has 0 spiro atoms. The lowest BCUT2D eigenvalue weighted by Crippen LogP contribution is -2.30. The van der Waals surface area contributed by atoms with Crippen molar-refractivity contribution in [3.63, 3.8) is 0 Å². The van der Waals surface area contributed by atoms with Gasteiger partial charge in [0.25, 0.3) is 0 Å². The van der Waals surface area contributed by atoms with Crippen LogP contribution < -0.4 is 5.32 Å². The molecule has 0 aliphatic carbocycles. The number of rotatable bonds is 9. The fourth-order valence-corrected chi connectivity index (χ4v) is 5.67. The van der Waals surface area contributed by atoms with Gasteiger partial charge in [-0.15, -0.1) is 23.1 Å². The molecule has 7 heteroatoms. The van der Waals surface area contributed by atoms with Crippen molar-refractivity contribution in [3.8, 4) is 0 Å². The van der Waals surface area contributed by atoms with Crippen LogP contribution in [-0.2, 0) is 22.5 Å². The maximum Gasteiger partial charge on any atom is 0.341 e. The molecular weight excluding hydrogens is 404 g/mol. The van der Waals surface area contributed by atoms with Crippen molar-refractivity contribution in [1.29, 1.82) is 0 Å². The van der Waals surface area contributed by atoms with Crippen molar-refractivity contribution in [3.05, 3.63) is 46.3 Å². The molecule has 2 heterocycles. The monoisotopic (exact) mass is 432 g/mol. The molecule has 1 N–H and O–H groups in total. The number of methoxy groups -OCH3 is 1. The fourth-order valence-electron chi connectivity index (χ4n) is 3.50. The predicted octanol–water partition coefficient (Wildman–Crippen LogP) is 4.81. The van der Waals surface area contributed by atoms with Crippen LogP contribution in [0.25, 0.3) is 0 Å². The molecular formula is C22H28N2O3S2. The number of hydrogen-bond donors (Lipinski definition) is 1. The Kier molecular flexibility index (Phi) is 8.15. The van der Waals surface area contributed by atoms with Crippen LogP contribution in [0.4, 0.5) is 5.00 Å². The standard InChI is InChI=1S/C22H28N2O3S2/c1-3-12-24-13-11-17-18(15-24)29-21(20(17)22(26)27-2)23-19(25)10-7-14-28-16-8-5-4-6-9-16/h4-6,8-9H,3,7,10-15H2,1-2H3,(H,23,25). The number of carbonyl (C=O) groups is 2. The van der Waals surface area contributed by atoms with Gasteiger partial charge < -0.3 is 10.1 Å². The predicted molar refractivity (Wildman–Crippen MR) is 120 cm³/mol. The second-order valence-corrected chi connectivity index (χ2v) is 9.31. The van der Waals surface area contributed by atoms with Gasteiger partial charge in [-0.05, 0) is 49.3 Å². The summed E-state index contributed by atoms with van der Waals surface area (Å²) in [4.78, 5) is 29.7. The lowest BCUT2D eigenvalue weighted by Gasteiger charge is -2.26. The van der Waals surface area contributed by atoms with E-state index in [-0.39, 0.29) is 11.9 Å². The van der Waals surface area contributed by atoms with Crippen LogP contribution in [0.2, 0.25) is 0 Å². The Hall–Kier alpha value is -1.83. The minimum Gasteiger partial charge on any atom is -0.465 e. The summed E-state index contributed by atoms with van der Waals surface area (Å²) in [5.41, 5.74) is 1.60. The minimum absolute atomic E-state index is 0.0483. The van der Waals surface area contributed by atoms with Gasteiger partial charge in [-0.2, -0.15) is 0 Å². The zero-order chi connectivity index (χ0) is 20.6. The molecule has 156 valence electrons. The Balaban J connectivity index is 1.60. The van der Waals surface area contributed by atoms with E-state index < -0.39 is 0 Å². The smallest absolute Gasteiger partial charge is 0.341 e. The molecule has 0 saturated carbocycles. The number of nitrogens with zero attached hydrogens (tertiary/aromatic N) is 1. The highest BCUT2D eigenvalue weighted by Gasteiger charge is 2.28. The molecule has 1 aromatic heterocycles. The van der Waals surface area contributed by atoms with Crippen LogP contribution in [0.3, 0.4) is 0 Å². The molecule has 1 amide bonds. The number of fused-ring (bicyclic) bond motifs is 1. The van der Waals surface area contributed by atoms with Crippen LogP contribution in [-0.4, -0.2) is 42.7 Å². The summed E-state index contributed by atoms with van der Waals surface area (Å²) in [6.45, 7) is 4.99. The molecule has 0 fully saturated rings. The molecule has 3 rings (SSSR count). The van der Waals surface area contributed by atoms with Crippen LogP contribution in [0, 0.1) is 0 Å². The van der Waals surface area contributed by atoms with Gasteiger partial charge in [-0.3, -0.25) is 9.69 Å². The molecule has 0 bridgehead atoms. The lowest BCUT2D eigenvalue weighted by atomic mass is 10.0. The highest BCUT2D eigenvalue weighted by Crippen LogP contribution is 2.37. The van der Waals surface area contributed by atoms with Crippen LogP contribution in [0.5, 0.6) is 0 Å². The number of hydrogen-bond acceptors (Lipinski definition) is 6. The first kappa shape index (κ1) is 21.9. The highest BCUT2D eigenvalue weighted by molar-refractivity contribution is 7.99. The first-order valence-electron chi connectivity index (χ1n) is 10.0. The summed E-state index contributed by atoms with van der Waals surface area (Å²) >= 11 is 3.27. The zero-order valence-electron chi connectivity index (χ0n) is 17.0. The summed E-state index contributed by atoms with van der Waals surface area (Å²) in [6.07, 6.45) is 3.15. The maximum atomic E-state index is 12.5. The first-order chi connectivity index (χ1) is 14.1. The molecule has 2 aromatic rings. The van der Waals surface area contributed by atoms with Crippen molar-refractivity contribution >= 4 is 40.0 Å². The van der Waals surface area contributed by atoms with Crippen molar-refractivity contribution in [2.24, 2.45) is 0 Å². The summed E-state index contributed by atoms with van der Waals surface area (Å²) in [5, 5.41) is 3.62. The van der Waals surface area contributed by atoms with Gasteiger partial charge in [-0.1, -0.05) is 25.1 Å². The molecule has 0 radical (unpaired) electrons. The number of thioether (sulfide) groups is 1. The third-order valence-corrected chi connectivity index (χ3v) is 7.11.